The average Bonchev–Trinajstić information content (AvgIpc) is 2.92. The summed E-state index contributed by atoms with van der Waals surface area (Å²) >= 11 is 1.70. The van der Waals surface area contributed by atoms with Crippen LogP contribution < -0.4 is 15.0 Å². The molecule has 0 atom stereocenters. The van der Waals surface area contributed by atoms with E-state index in [-0.39, 0.29) is 5.91 Å². The number of para-hydroxylation sites is 1. The molecule has 0 aromatic heterocycles. The van der Waals surface area contributed by atoms with E-state index in [1.807, 2.05) is 36.4 Å². The number of nitrogens with one attached hydrogen (secondary N) is 1. The number of nitrogens with zero attached hydrogens (tertiary/aromatic N) is 1. The van der Waals surface area contributed by atoms with Gasteiger partial charge in [-0.3, -0.25) is 4.79 Å². The van der Waals surface area contributed by atoms with E-state index < -0.39 is 0 Å². The highest BCUT2D eigenvalue weighted by Crippen LogP contribution is 2.41. The molecule has 0 radical (unpaired) electrons. The quantitative estimate of drug-likeness (QED) is 0.328. The van der Waals surface area contributed by atoms with Crippen LogP contribution in [0.3, 0.4) is 0 Å². The second kappa shape index (κ2) is 10.1. The summed E-state index contributed by atoms with van der Waals surface area (Å²) in [5.41, 5.74) is 6.11. The Labute approximate surface area is 204 Å². The number of hydrogen-bond acceptors (Lipinski definition) is 4. The molecule has 1 heterocycles. The van der Waals surface area contributed by atoms with Crippen LogP contribution in [-0.2, 0) is 6.54 Å². The lowest BCUT2D eigenvalue weighted by molar-refractivity contribution is 0.0950. The minimum Gasteiger partial charge on any atom is -0.490 e. The number of benzene rings is 4. The number of hydrogen-bond donors (Lipinski definition) is 1. The molecule has 5 heteroatoms. The second-order valence-electron chi connectivity index (χ2n) is 8.10. The molecule has 0 fully saturated rings. The van der Waals surface area contributed by atoms with Crippen molar-refractivity contribution in [2.24, 2.45) is 0 Å². The highest BCUT2D eigenvalue weighted by molar-refractivity contribution is 7.98. The third-order valence-electron chi connectivity index (χ3n) is 5.98. The van der Waals surface area contributed by atoms with E-state index in [1.54, 1.807) is 11.8 Å². The predicted octanol–water partition coefficient (Wildman–Crippen LogP) is 6.54. The maximum atomic E-state index is 12.8. The molecule has 0 saturated carbocycles. The number of thioether (sulfide) groups is 1. The fourth-order valence-corrected chi connectivity index (χ4v) is 4.62. The van der Waals surface area contributed by atoms with Crippen LogP contribution >= 0.6 is 11.8 Å². The Kier molecular flexibility index (Phi) is 6.54. The van der Waals surface area contributed by atoms with Crippen molar-refractivity contribution in [3.05, 3.63) is 108 Å². The van der Waals surface area contributed by atoms with Crippen molar-refractivity contribution in [2.75, 3.05) is 24.3 Å². The molecule has 1 N–H and O–H groups in total. The Morgan fingerprint density at radius 2 is 1.68 bits per heavy atom. The number of ether oxygens (including phenoxy) is 1. The zero-order chi connectivity index (χ0) is 23.3. The first-order chi connectivity index (χ1) is 16.7. The second-order valence-corrected chi connectivity index (χ2v) is 8.98. The summed E-state index contributed by atoms with van der Waals surface area (Å²) in [5, 5.41) is 3.02. The molecule has 4 nitrogen and oxygen atoms in total. The Morgan fingerprint density at radius 1 is 0.912 bits per heavy atom. The number of anilines is 2. The van der Waals surface area contributed by atoms with Gasteiger partial charge in [0.2, 0.25) is 0 Å². The fraction of sp³-hybridized carbons (Fsp3) is 0.138. The summed E-state index contributed by atoms with van der Waals surface area (Å²) in [5.74, 6) is 0.619. The smallest absolute Gasteiger partial charge is 0.251 e. The summed E-state index contributed by atoms with van der Waals surface area (Å²) in [6, 6.07) is 32.7. The summed E-state index contributed by atoms with van der Waals surface area (Å²) in [4.78, 5) is 16.3. The van der Waals surface area contributed by atoms with E-state index in [4.69, 9.17) is 4.74 Å². The van der Waals surface area contributed by atoms with Crippen LogP contribution in [-0.4, -0.2) is 25.3 Å². The summed E-state index contributed by atoms with van der Waals surface area (Å²) in [7, 11) is 0. The predicted molar refractivity (Wildman–Crippen MR) is 140 cm³/mol. The summed E-state index contributed by atoms with van der Waals surface area (Å²) < 4.78 is 5.98. The van der Waals surface area contributed by atoms with Crippen LogP contribution in [0.2, 0.25) is 0 Å². The largest absolute Gasteiger partial charge is 0.490 e. The molecule has 170 valence electrons. The van der Waals surface area contributed by atoms with Gasteiger partial charge < -0.3 is 15.0 Å². The van der Waals surface area contributed by atoms with Crippen LogP contribution in [0.4, 0.5) is 11.4 Å². The Bertz CT molecular complexity index is 1290. The van der Waals surface area contributed by atoms with Gasteiger partial charge in [-0.25, -0.2) is 0 Å². The van der Waals surface area contributed by atoms with E-state index >= 15 is 0 Å². The number of carbonyl (C=O) groups excluding carboxylic acids is 1. The fourth-order valence-electron chi connectivity index (χ4n) is 4.21. The molecule has 0 saturated heterocycles. The maximum absolute atomic E-state index is 12.8. The van der Waals surface area contributed by atoms with Crippen molar-refractivity contribution < 1.29 is 9.53 Å². The van der Waals surface area contributed by atoms with Crippen LogP contribution in [0.5, 0.6) is 5.75 Å². The van der Waals surface area contributed by atoms with Gasteiger partial charge in [0.25, 0.3) is 5.91 Å². The van der Waals surface area contributed by atoms with Gasteiger partial charge in [0.05, 0.1) is 12.2 Å². The molecule has 0 bridgehead atoms. The Morgan fingerprint density at radius 3 is 2.47 bits per heavy atom. The maximum Gasteiger partial charge on any atom is 0.251 e. The molecular formula is C29H26N2O2S. The number of carbonyl (C=O) groups is 1. The van der Waals surface area contributed by atoms with E-state index in [0.717, 1.165) is 29.2 Å². The minimum absolute atomic E-state index is 0.109. The molecule has 0 unspecified atom stereocenters. The van der Waals surface area contributed by atoms with Crippen LogP contribution in [0.25, 0.3) is 11.1 Å². The van der Waals surface area contributed by atoms with Gasteiger partial charge in [-0.15, -0.1) is 11.8 Å². The molecule has 1 amide bonds. The van der Waals surface area contributed by atoms with Crippen molar-refractivity contribution in [3.63, 3.8) is 0 Å². The van der Waals surface area contributed by atoms with Gasteiger partial charge in [0, 0.05) is 28.3 Å². The van der Waals surface area contributed by atoms with Crippen molar-refractivity contribution in [2.45, 2.75) is 11.4 Å². The van der Waals surface area contributed by atoms with E-state index in [2.05, 4.69) is 77.1 Å². The van der Waals surface area contributed by atoms with Crippen LogP contribution in [0, 0.1) is 0 Å². The van der Waals surface area contributed by atoms with Crippen molar-refractivity contribution in [3.8, 4) is 16.9 Å². The minimum atomic E-state index is -0.109. The third kappa shape index (κ3) is 4.66. The monoisotopic (exact) mass is 466 g/mol. The summed E-state index contributed by atoms with van der Waals surface area (Å²) in [6.45, 7) is 1.79. The third-order valence-corrected chi connectivity index (χ3v) is 6.72. The van der Waals surface area contributed by atoms with Gasteiger partial charge in [-0.05, 0) is 53.8 Å². The van der Waals surface area contributed by atoms with Crippen LogP contribution in [0.1, 0.15) is 15.9 Å². The van der Waals surface area contributed by atoms with E-state index in [9.17, 15) is 4.79 Å². The highest BCUT2D eigenvalue weighted by atomic mass is 32.2. The van der Waals surface area contributed by atoms with Gasteiger partial charge in [-0.2, -0.15) is 0 Å². The van der Waals surface area contributed by atoms with Crippen molar-refractivity contribution >= 4 is 29.0 Å². The highest BCUT2D eigenvalue weighted by Gasteiger charge is 2.23. The molecule has 5 rings (SSSR count). The van der Waals surface area contributed by atoms with Gasteiger partial charge >= 0.3 is 0 Å². The first-order valence-electron chi connectivity index (χ1n) is 11.3. The molecule has 1 aliphatic rings. The van der Waals surface area contributed by atoms with E-state index in [1.165, 1.54) is 16.0 Å². The summed E-state index contributed by atoms with van der Waals surface area (Å²) in [6.07, 6.45) is 2.05. The SMILES string of the molecule is CSc1ccc(CNC(=O)c2ccc3c(c2)OCCN3c2ccccc2-c2ccccc2)cc1. The van der Waals surface area contributed by atoms with E-state index in [0.29, 0.717) is 18.7 Å². The van der Waals surface area contributed by atoms with Gasteiger partial charge in [0.15, 0.2) is 0 Å². The molecule has 0 spiro atoms. The molecule has 34 heavy (non-hydrogen) atoms. The number of fused-ring (bicyclic) bond motifs is 1. The van der Waals surface area contributed by atoms with Crippen molar-refractivity contribution in [1.82, 2.24) is 5.32 Å². The molecule has 1 aliphatic heterocycles. The van der Waals surface area contributed by atoms with Crippen LogP contribution in [0.15, 0.2) is 102 Å². The number of amides is 1. The molecule has 4 aromatic carbocycles. The number of rotatable bonds is 6. The lowest BCUT2D eigenvalue weighted by Crippen LogP contribution is -2.29. The zero-order valence-electron chi connectivity index (χ0n) is 19.0. The Balaban J connectivity index is 1.37. The molecule has 4 aromatic rings. The molecular weight excluding hydrogens is 440 g/mol. The standard InChI is InChI=1S/C29H26N2O2S/c1-34-24-14-11-21(12-15-24)20-30-29(32)23-13-16-27-28(19-23)33-18-17-31(27)26-10-6-5-9-25(26)22-7-3-2-4-8-22/h2-16,19H,17-18,20H2,1H3,(H,30,32). The zero-order valence-corrected chi connectivity index (χ0v) is 19.8. The molecule has 0 aliphatic carbocycles. The van der Waals surface area contributed by atoms with Gasteiger partial charge in [0.1, 0.15) is 12.4 Å². The van der Waals surface area contributed by atoms with Gasteiger partial charge in [-0.1, -0.05) is 60.7 Å². The first-order valence-corrected chi connectivity index (χ1v) is 12.6. The Hall–Kier alpha value is -3.70. The lowest BCUT2D eigenvalue weighted by Gasteiger charge is -2.33. The normalized spacial score (nSPS) is 12.6. The van der Waals surface area contributed by atoms with Crippen molar-refractivity contribution in [1.29, 1.82) is 0 Å². The lowest BCUT2D eigenvalue weighted by atomic mass is 10.0. The first kappa shape index (κ1) is 22.1. The topological polar surface area (TPSA) is 41.6 Å². The average molecular weight is 467 g/mol.